The molecule has 112 valence electrons. The SMILES string of the molecule is NC1CCCC(=O)N(C2CC2)C1c1ccc(C2CC2)cc1. The predicted octanol–water partition coefficient (Wildman–Crippen LogP) is 3.11. The van der Waals surface area contributed by atoms with Crippen LogP contribution in [0.2, 0.25) is 0 Å². The van der Waals surface area contributed by atoms with E-state index in [0.29, 0.717) is 18.4 Å². The molecule has 0 bridgehead atoms. The third-order valence-corrected chi connectivity index (χ3v) is 5.19. The lowest BCUT2D eigenvalue weighted by atomic mass is 9.94. The Morgan fingerprint density at radius 3 is 2.24 bits per heavy atom. The fraction of sp³-hybridized carbons (Fsp3) is 0.611. The molecule has 1 aromatic carbocycles. The van der Waals surface area contributed by atoms with E-state index in [0.717, 1.165) is 31.6 Å². The largest absolute Gasteiger partial charge is 0.331 e. The molecule has 3 aliphatic rings. The minimum atomic E-state index is 0.0730. The molecule has 1 aromatic rings. The smallest absolute Gasteiger partial charge is 0.223 e. The quantitative estimate of drug-likeness (QED) is 0.927. The average molecular weight is 284 g/mol. The summed E-state index contributed by atoms with van der Waals surface area (Å²) < 4.78 is 0. The van der Waals surface area contributed by atoms with Gasteiger partial charge in [-0.1, -0.05) is 24.3 Å². The topological polar surface area (TPSA) is 46.3 Å². The Hall–Kier alpha value is -1.35. The Balaban J connectivity index is 1.65. The molecule has 21 heavy (non-hydrogen) atoms. The highest BCUT2D eigenvalue weighted by atomic mass is 16.2. The van der Waals surface area contributed by atoms with Crippen LogP contribution in [0.15, 0.2) is 24.3 Å². The molecule has 0 aromatic heterocycles. The van der Waals surface area contributed by atoms with Crippen molar-refractivity contribution in [2.75, 3.05) is 0 Å². The van der Waals surface area contributed by atoms with Crippen LogP contribution in [0.5, 0.6) is 0 Å². The van der Waals surface area contributed by atoms with Crippen LogP contribution in [0.1, 0.15) is 68.0 Å². The Bertz CT molecular complexity index is 531. The zero-order valence-corrected chi connectivity index (χ0v) is 12.5. The molecule has 1 aliphatic heterocycles. The number of nitrogens with zero attached hydrogens (tertiary/aromatic N) is 1. The predicted molar refractivity (Wildman–Crippen MR) is 82.9 cm³/mol. The van der Waals surface area contributed by atoms with Gasteiger partial charge in [0.05, 0.1) is 6.04 Å². The maximum Gasteiger partial charge on any atom is 0.223 e. The van der Waals surface area contributed by atoms with Gasteiger partial charge in [-0.3, -0.25) is 4.79 Å². The van der Waals surface area contributed by atoms with Gasteiger partial charge in [0.1, 0.15) is 0 Å². The highest BCUT2D eigenvalue weighted by molar-refractivity contribution is 5.78. The lowest BCUT2D eigenvalue weighted by Crippen LogP contribution is -2.43. The summed E-state index contributed by atoms with van der Waals surface area (Å²) in [5, 5.41) is 0. The van der Waals surface area contributed by atoms with Gasteiger partial charge in [0, 0.05) is 18.5 Å². The number of hydrogen-bond donors (Lipinski definition) is 1. The van der Waals surface area contributed by atoms with Crippen LogP contribution in [0.3, 0.4) is 0 Å². The second-order valence-corrected chi connectivity index (χ2v) is 6.97. The number of likely N-dealkylation sites (tertiary alicyclic amines) is 1. The lowest BCUT2D eigenvalue weighted by molar-refractivity contribution is -0.133. The molecule has 2 N–H and O–H groups in total. The van der Waals surface area contributed by atoms with Crippen molar-refractivity contribution >= 4 is 5.91 Å². The van der Waals surface area contributed by atoms with E-state index in [-0.39, 0.29) is 12.1 Å². The highest BCUT2D eigenvalue weighted by Gasteiger charge is 2.41. The number of amides is 1. The van der Waals surface area contributed by atoms with E-state index in [1.165, 1.54) is 24.0 Å². The Labute approximate surface area is 126 Å². The van der Waals surface area contributed by atoms with Crippen molar-refractivity contribution in [2.24, 2.45) is 5.73 Å². The highest BCUT2D eigenvalue weighted by Crippen LogP contribution is 2.42. The van der Waals surface area contributed by atoms with Crippen LogP contribution in [-0.2, 0) is 4.79 Å². The van der Waals surface area contributed by atoms with Crippen LogP contribution in [0.4, 0.5) is 0 Å². The number of carbonyl (C=O) groups excluding carboxylic acids is 1. The first-order valence-electron chi connectivity index (χ1n) is 8.40. The van der Waals surface area contributed by atoms with Gasteiger partial charge >= 0.3 is 0 Å². The zero-order chi connectivity index (χ0) is 14.4. The van der Waals surface area contributed by atoms with Gasteiger partial charge in [0.25, 0.3) is 0 Å². The Morgan fingerprint density at radius 1 is 0.952 bits per heavy atom. The van der Waals surface area contributed by atoms with E-state index in [1.807, 2.05) is 0 Å². The number of rotatable bonds is 3. The van der Waals surface area contributed by atoms with Crippen molar-refractivity contribution in [2.45, 2.75) is 69.0 Å². The third-order valence-electron chi connectivity index (χ3n) is 5.19. The molecule has 1 heterocycles. The van der Waals surface area contributed by atoms with Crippen LogP contribution in [0, 0.1) is 0 Å². The van der Waals surface area contributed by atoms with Crippen molar-refractivity contribution in [1.29, 1.82) is 0 Å². The van der Waals surface area contributed by atoms with Crippen LogP contribution < -0.4 is 5.73 Å². The standard InChI is InChI=1S/C18H24N2O/c19-16-2-1-3-17(21)20(15-10-11-15)18(16)14-8-6-13(7-9-14)12-4-5-12/h6-9,12,15-16,18H,1-5,10-11,19H2. The second-order valence-electron chi connectivity index (χ2n) is 6.97. The molecule has 2 unspecified atom stereocenters. The molecular weight excluding hydrogens is 260 g/mol. The van der Waals surface area contributed by atoms with Gasteiger partial charge in [0.15, 0.2) is 0 Å². The fourth-order valence-corrected chi connectivity index (χ4v) is 3.71. The molecular formula is C18H24N2O. The van der Waals surface area contributed by atoms with Gasteiger partial charge in [-0.25, -0.2) is 0 Å². The van der Waals surface area contributed by atoms with Crippen molar-refractivity contribution < 1.29 is 4.79 Å². The normalized spacial score (nSPS) is 30.3. The van der Waals surface area contributed by atoms with E-state index in [1.54, 1.807) is 0 Å². The average Bonchev–Trinajstić information content (AvgIpc) is 3.36. The van der Waals surface area contributed by atoms with Crippen LogP contribution >= 0.6 is 0 Å². The molecule has 1 amide bonds. The second kappa shape index (κ2) is 5.13. The zero-order valence-electron chi connectivity index (χ0n) is 12.5. The molecule has 3 heteroatoms. The van der Waals surface area contributed by atoms with Gasteiger partial charge in [-0.15, -0.1) is 0 Å². The summed E-state index contributed by atoms with van der Waals surface area (Å²) in [4.78, 5) is 14.6. The van der Waals surface area contributed by atoms with Gasteiger partial charge in [-0.2, -0.15) is 0 Å². The summed E-state index contributed by atoms with van der Waals surface area (Å²) in [5.41, 5.74) is 9.13. The lowest BCUT2D eigenvalue weighted by Gasteiger charge is -2.34. The van der Waals surface area contributed by atoms with Crippen molar-refractivity contribution in [1.82, 2.24) is 4.90 Å². The molecule has 3 fully saturated rings. The van der Waals surface area contributed by atoms with Crippen molar-refractivity contribution in [3.8, 4) is 0 Å². The fourth-order valence-electron chi connectivity index (χ4n) is 3.71. The summed E-state index contributed by atoms with van der Waals surface area (Å²) in [6.07, 6.45) is 7.50. The Kier molecular flexibility index (Phi) is 3.26. The third kappa shape index (κ3) is 2.59. The Morgan fingerprint density at radius 2 is 1.62 bits per heavy atom. The number of nitrogens with two attached hydrogens (primary N) is 1. The van der Waals surface area contributed by atoms with Crippen molar-refractivity contribution in [3.63, 3.8) is 0 Å². The number of carbonyl (C=O) groups is 1. The molecule has 2 saturated carbocycles. The van der Waals surface area contributed by atoms with E-state index >= 15 is 0 Å². The van der Waals surface area contributed by atoms with Gasteiger partial charge < -0.3 is 10.6 Å². The first-order chi connectivity index (χ1) is 10.2. The van der Waals surface area contributed by atoms with E-state index in [2.05, 4.69) is 29.2 Å². The molecule has 2 atom stereocenters. The van der Waals surface area contributed by atoms with Crippen LogP contribution in [-0.4, -0.2) is 22.9 Å². The van der Waals surface area contributed by atoms with E-state index in [9.17, 15) is 4.79 Å². The molecule has 1 saturated heterocycles. The summed E-state index contributed by atoms with van der Waals surface area (Å²) in [5.74, 6) is 1.09. The number of benzene rings is 1. The summed E-state index contributed by atoms with van der Waals surface area (Å²) in [6, 6.07) is 9.53. The van der Waals surface area contributed by atoms with Crippen LogP contribution in [0.25, 0.3) is 0 Å². The first kappa shape index (κ1) is 13.3. The maximum atomic E-state index is 12.5. The van der Waals surface area contributed by atoms with Crippen molar-refractivity contribution in [3.05, 3.63) is 35.4 Å². The summed E-state index contributed by atoms with van der Waals surface area (Å²) in [7, 11) is 0. The van der Waals surface area contributed by atoms with Gasteiger partial charge in [0.2, 0.25) is 5.91 Å². The molecule has 4 rings (SSSR count). The minimum absolute atomic E-state index is 0.0730. The summed E-state index contributed by atoms with van der Waals surface area (Å²) >= 11 is 0. The van der Waals surface area contributed by atoms with E-state index in [4.69, 9.17) is 5.73 Å². The first-order valence-corrected chi connectivity index (χ1v) is 8.40. The number of hydrogen-bond acceptors (Lipinski definition) is 2. The summed E-state index contributed by atoms with van der Waals surface area (Å²) in [6.45, 7) is 0. The molecule has 2 aliphatic carbocycles. The molecule has 3 nitrogen and oxygen atoms in total. The van der Waals surface area contributed by atoms with Gasteiger partial charge in [-0.05, 0) is 55.6 Å². The maximum absolute atomic E-state index is 12.5. The molecule has 0 spiro atoms. The minimum Gasteiger partial charge on any atom is -0.331 e. The molecule has 0 radical (unpaired) electrons. The monoisotopic (exact) mass is 284 g/mol. The van der Waals surface area contributed by atoms with E-state index < -0.39 is 0 Å².